The molecule has 1 fully saturated rings. The molecule has 1 saturated heterocycles. The number of hydrogen-bond donors (Lipinski definition) is 0. The van der Waals surface area contributed by atoms with Gasteiger partial charge in [0, 0.05) is 12.6 Å². The Kier molecular flexibility index (Phi) is 3.62. The van der Waals surface area contributed by atoms with Crippen LogP contribution in [-0.4, -0.2) is 19.7 Å². The van der Waals surface area contributed by atoms with E-state index in [0.29, 0.717) is 6.04 Å². The summed E-state index contributed by atoms with van der Waals surface area (Å²) in [5.41, 5.74) is 1.34. The predicted molar refractivity (Wildman–Crippen MR) is 61.3 cm³/mol. The Hall–Kier alpha value is -1.02. The molecule has 1 aliphatic heterocycles. The molecule has 2 nitrogen and oxygen atoms in total. The highest BCUT2D eigenvalue weighted by Crippen LogP contribution is 2.17. The molecule has 0 aliphatic carbocycles. The summed E-state index contributed by atoms with van der Waals surface area (Å²) < 4.78 is 5.21. The molecule has 0 aromatic heterocycles. The minimum absolute atomic E-state index is 0.533. The summed E-state index contributed by atoms with van der Waals surface area (Å²) in [7, 11) is 1.71. The molecule has 0 N–H and O–H groups in total. The van der Waals surface area contributed by atoms with Gasteiger partial charge in [0.15, 0.2) is 0 Å². The second-order valence-electron chi connectivity index (χ2n) is 4.11. The number of ether oxygens (including phenoxy) is 1. The Morgan fingerprint density at radius 1 is 1.40 bits per heavy atom. The lowest BCUT2D eigenvalue weighted by atomic mass is 9.98. The van der Waals surface area contributed by atoms with Gasteiger partial charge < -0.3 is 4.74 Å². The van der Waals surface area contributed by atoms with Crippen molar-refractivity contribution in [2.75, 3.05) is 13.7 Å². The molecule has 1 radical (unpaired) electrons. The Bertz CT molecular complexity index is 305. The van der Waals surface area contributed by atoms with Gasteiger partial charge in [-0.1, -0.05) is 18.6 Å². The summed E-state index contributed by atoms with van der Waals surface area (Å²) in [5.74, 6) is 0.948. The third-order valence-corrected chi connectivity index (χ3v) is 2.94. The smallest absolute Gasteiger partial charge is 0.119 e. The van der Waals surface area contributed by atoms with Crippen LogP contribution in [-0.2, 0) is 6.42 Å². The van der Waals surface area contributed by atoms with Crippen molar-refractivity contribution in [2.24, 2.45) is 0 Å². The lowest BCUT2D eigenvalue weighted by molar-refractivity contribution is 0.389. The van der Waals surface area contributed by atoms with Gasteiger partial charge in [0.25, 0.3) is 0 Å². The number of nitrogens with zero attached hydrogens (tertiary/aromatic N) is 1. The molecule has 15 heavy (non-hydrogen) atoms. The van der Waals surface area contributed by atoms with Crippen LogP contribution >= 0.6 is 0 Å². The van der Waals surface area contributed by atoms with Crippen molar-refractivity contribution in [3.63, 3.8) is 0 Å². The van der Waals surface area contributed by atoms with Crippen LogP contribution in [0.1, 0.15) is 24.8 Å². The third-order valence-electron chi connectivity index (χ3n) is 2.94. The number of benzene rings is 1. The van der Waals surface area contributed by atoms with Crippen LogP contribution in [0.2, 0.25) is 0 Å². The van der Waals surface area contributed by atoms with Crippen molar-refractivity contribution in [1.82, 2.24) is 5.32 Å². The molecule has 1 aliphatic rings. The van der Waals surface area contributed by atoms with E-state index in [0.717, 1.165) is 18.7 Å². The van der Waals surface area contributed by atoms with E-state index < -0.39 is 0 Å². The van der Waals surface area contributed by atoms with Crippen molar-refractivity contribution in [2.45, 2.75) is 31.7 Å². The van der Waals surface area contributed by atoms with Crippen molar-refractivity contribution < 1.29 is 4.74 Å². The molecule has 0 bridgehead atoms. The fourth-order valence-electron chi connectivity index (χ4n) is 2.10. The molecule has 0 amide bonds. The van der Waals surface area contributed by atoms with Crippen LogP contribution in [0, 0.1) is 0 Å². The van der Waals surface area contributed by atoms with Crippen LogP contribution in [0.25, 0.3) is 0 Å². The summed E-state index contributed by atoms with van der Waals surface area (Å²) >= 11 is 0. The highest BCUT2D eigenvalue weighted by Gasteiger charge is 2.14. The fourth-order valence-corrected chi connectivity index (χ4v) is 2.10. The van der Waals surface area contributed by atoms with E-state index in [2.05, 4.69) is 23.5 Å². The summed E-state index contributed by atoms with van der Waals surface area (Å²) in [4.78, 5) is 0. The van der Waals surface area contributed by atoms with Crippen molar-refractivity contribution in [1.29, 1.82) is 0 Å². The molecule has 0 spiro atoms. The third kappa shape index (κ3) is 2.96. The van der Waals surface area contributed by atoms with E-state index >= 15 is 0 Å². The SMILES string of the molecule is COc1cccc(CC2CCCC[N]2)c1. The Balaban J connectivity index is 1.96. The molecule has 1 aromatic rings. The number of piperidine rings is 1. The van der Waals surface area contributed by atoms with Gasteiger partial charge in [-0.15, -0.1) is 0 Å². The zero-order chi connectivity index (χ0) is 10.5. The minimum atomic E-state index is 0.533. The van der Waals surface area contributed by atoms with Crippen LogP contribution in [0.5, 0.6) is 5.75 Å². The van der Waals surface area contributed by atoms with Gasteiger partial charge in [-0.2, -0.15) is 0 Å². The largest absolute Gasteiger partial charge is 0.497 e. The Labute approximate surface area is 91.6 Å². The van der Waals surface area contributed by atoms with E-state index in [1.807, 2.05) is 6.07 Å². The van der Waals surface area contributed by atoms with Gasteiger partial charge >= 0.3 is 0 Å². The molecule has 1 unspecified atom stereocenters. The number of rotatable bonds is 3. The molecular formula is C13H18NO. The van der Waals surface area contributed by atoms with Gasteiger partial charge in [0.2, 0.25) is 0 Å². The standard InChI is InChI=1S/C13H18NO/c1-15-13-7-4-5-11(10-13)9-12-6-2-3-8-14-12/h4-5,7,10,12H,2-3,6,8-9H2,1H3. The number of methoxy groups -OCH3 is 1. The quantitative estimate of drug-likeness (QED) is 0.741. The van der Waals surface area contributed by atoms with Gasteiger partial charge in [-0.05, 0) is 37.0 Å². The summed E-state index contributed by atoms with van der Waals surface area (Å²) in [6.45, 7) is 1.05. The summed E-state index contributed by atoms with van der Waals surface area (Å²) in [5, 5.41) is 4.64. The van der Waals surface area contributed by atoms with Gasteiger partial charge in [0.05, 0.1) is 7.11 Å². The summed E-state index contributed by atoms with van der Waals surface area (Å²) in [6, 6.07) is 8.85. The van der Waals surface area contributed by atoms with E-state index in [-0.39, 0.29) is 0 Å². The van der Waals surface area contributed by atoms with Crippen LogP contribution < -0.4 is 10.1 Å². The lowest BCUT2D eigenvalue weighted by Gasteiger charge is -2.21. The zero-order valence-electron chi connectivity index (χ0n) is 9.28. The van der Waals surface area contributed by atoms with E-state index in [1.165, 1.54) is 24.8 Å². The normalized spacial score (nSPS) is 21.3. The maximum absolute atomic E-state index is 5.21. The first-order valence-electron chi connectivity index (χ1n) is 5.68. The minimum Gasteiger partial charge on any atom is -0.497 e. The lowest BCUT2D eigenvalue weighted by Crippen LogP contribution is -2.29. The molecule has 1 aromatic carbocycles. The molecule has 2 rings (SSSR count). The molecule has 2 heteroatoms. The highest BCUT2D eigenvalue weighted by molar-refractivity contribution is 5.28. The first-order chi connectivity index (χ1) is 7.38. The van der Waals surface area contributed by atoms with Crippen LogP contribution in [0.15, 0.2) is 24.3 Å². The van der Waals surface area contributed by atoms with Gasteiger partial charge in [-0.25, -0.2) is 5.32 Å². The zero-order valence-corrected chi connectivity index (χ0v) is 9.28. The second-order valence-corrected chi connectivity index (χ2v) is 4.11. The van der Waals surface area contributed by atoms with E-state index in [9.17, 15) is 0 Å². The average molecular weight is 204 g/mol. The second kappa shape index (κ2) is 5.17. The fraction of sp³-hybridized carbons (Fsp3) is 0.538. The van der Waals surface area contributed by atoms with Crippen molar-refractivity contribution in [3.05, 3.63) is 29.8 Å². The topological polar surface area (TPSA) is 23.3 Å². The molecular weight excluding hydrogens is 186 g/mol. The predicted octanol–water partition coefficient (Wildman–Crippen LogP) is 2.39. The number of hydrogen-bond acceptors (Lipinski definition) is 1. The Morgan fingerprint density at radius 2 is 2.33 bits per heavy atom. The van der Waals surface area contributed by atoms with Crippen molar-refractivity contribution in [3.8, 4) is 5.75 Å². The van der Waals surface area contributed by atoms with Crippen LogP contribution in [0.3, 0.4) is 0 Å². The van der Waals surface area contributed by atoms with E-state index in [1.54, 1.807) is 7.11 Å². The molecule has 81 valence electrons. The van der Waals surface area contributed by atoms with Crippen molar-refractivity contribution >= 4 is 0 Å². The maximum Gasteiger partial charge on any atom is 0.119 e. The first kappa shape index (κ1) is 10.5. The van der Waals surface area contributed by atoms with Gasteiger partial charge in [-0.3, -0.25) is 0 Å². The average Bonchev–Trinajstić information content (AvgIpc) is 2.31. The first-order valence-corrected chi connectivity index (χ1v) is 5.68. The maximum atomic E-state index is 5.21. The summed E-state index contributed by atoms with van der Waals surface area (Å²) in [6.07, 6.45) is 4.92. The van der Waals surface area contributed by atoms with Crippen LogP contribution in [0.4, 0.5) is 0 Å². The highest BCUT2D eigenvalue weighted by atomic mass is 16.5. The Morgan fingerprint density at radius 3 is 3.07 bits per heavy atom. The molecule has 1 atom stereocenters. The van der Waals surface area contributed by atoms with E-state index in [4.69, 9.17) is 4.74 Å². The molecule has 1 heterocycles. The van der Waals surface area contributed by atoms with Gasteiger partial charge in [0.1, 0.15) is 5.75 Å². The monoisotopic (exact) mass is 204 g/mol. The molecule has 0 saturated carbocycles.